The number of hydrogen-bond donors (Lipinski definition) is 2. The first kappa shape index (κ1) is 23.6. The molecule has 0 bridgehead atoms. The molecule has 0 radical (unpaired) electrons. The van der Waals surface area contributed by atoms with Crippen LogP contribution in [0.2, 0.25) is 0 Å². The van der Waals surface area contributed by atoms with E-state index >= 15 is 0 Å². The highest BCUT2D eigenvalue weighted by Gasteiger charge is 2.51. The Labute approximate surface area is 183 Å². The number of halogens is 3. The maximum Gasteiger partial charge on any atom is 0.417 e. The molecule has 0 saturated carbocycles. The molecule has 9 heteroatoms. The van der Waals surface area contributed by atoms with Crippen molar-refractivity contribution >= 4 is 12.1 Å². The molecule has 2 aromatic rings. The van der Waals surface area contributed by atoms with Gasteiger partial charge in [0.25, 0.3) is 0 Å². The zero-order chi connectivity index (χ0) is 23.7. The second-order valence-electron chi connectivity index (χ2n) is 8.48. The number of aliphatic carboxylic acids is 1. The lowest BCUT2D eigenvalue weighted by molar-refractivity contribution is -0.253. The van der Waals surface area contributed by atoms with Crippen LogP contribution in [0.5, 0.6) is 0 Å². The Morgan fingerprint density at radius 3 is 1.94 bits per heavy atom. The van der Waals surface area contributed by atoms with Gasteiger partial charge in [-0.3, -0.25) is 0 Å². The first-order valence-electron chi connectivity index (χ1n) is 9.97. The summed E-state index contributed by atoms with van der Waals surface area (Å²) in [6, 6.07) is 12.7. The number of carboxylic acid groups (broad SMARTS) is 1. The summed E-state index contributed by atoms with van der Waals surface area (Å²) in [6.45, 7) is 3.91. The molecule has 0 aromatic heterocycles. The molecule has 0 heterocycles. The van der Waals surface area contributed by atoms with Crippen molar-refractivity contribution in [1.29, 1.82) is 0 Å². The molecule has 1 amide bonds. The number of amides is 1. The van der Waals surface area contributed by atoms with Crippen LogP contribution in [-0.4, -0.2) is 47.7 Å². The van der Waals surface area contributed by atoms with E-state index in [-0.39, 0.29) is 12.5 Å². The summed E-state index contributed by atoms with van der Waals surface area (Å²) >= 11 is 0. The second-order valence-corrected chi connectivity index (χ2v) is 8.48. The van der Waals surface area contributed by atoms with Gasteiger partial charge in [0.15, 0.2) is 12.1 Å². The number of carboxylic acids is 1. The van der Waals surface area contributed by atoms with Gasteiger partial charge in [0.1, 0.15) is 6.61 Å². The summed E-state index contributed by atoms with van der Waals surface area (Å²) in [5.41, 5.74) is 2.50. The lowest BCUT2D eigenvalue weighted by atomic mass is 9.98. The van der Waals surface area contributed by atoms with Gasteiger partial charge < -0.3 is 19.9 Å². The first-order valence-corrected chi connectivity index (χ1v) is 9.97. The number of carbonyl (C=O) groups is 2. The molecule has 0 aliphatic heterocycles. The van der Waals surface area contributed by atoms with Crippen LogP contribution >= 0.6 is 0 Å². The molecule has 0 spiro atoms. The van der Waals surface area contributed by atoms with Gasteiger partial charge >= 0.3 is 18.2 Å². The van der Waals surface area contributed by atoms with Crippen LogP contribution in [0.1, 0.15) is 37.8 Å². The molecule has 2 N–H and O–H groups in total. The number of nitrogens with one attached hydrogen (secondary N) is 1. The van der Waals surface area contributed by atoms with Crippen molar-refractivity contribution in [2.45, 2.75) is 50.6 Å². The van der Waals surface area contributed by atoms with E-state index in [2.05, 4.69) is 0 Å². The lowest BCUT2D eigenvalue weighted by Gasteiger charge is -2.32. The Morgan fingerprint density at radius 1 is 1.00 bits per heavy atom. The average Bonchev–Trinajstić information content (AvgIpc) is 3.01. The van der Waals surface area contributed by atoms with E-state index in [9.17, 15) is 27.9 Å². The summed E-state index contributed by atoms with van der Waals surface area (Å²) in [5.74, 6) is -2.20. The van der Waals surface area contributed by atoms with Gasteiger partial charge in [0.05, 0.1) is 5.60 Å². The highest BCUT2D eigenvalue weighted by molar-refractivity contribution is 5.81. The van der Waals surface area contributed by atoms with E-state index in [1.165, 1.54) is 20.8 Å². The van der Waals surface area contributed by atoms with Crippen LogP contribution in [0.3, 0.4) is 0 Å². The molecular formula is C23H24F3NO5. The van der Waals surface area contributed by atoms with E-state index in [0.29, 0.717) is 0 Å². The molecule has 1 aliphatic rings. The van der Waals surface area contributed by atoms with Crippen LogP contribution in [0.25, 0.3) is 11.1 Å². The minimum atomic E-state index is -5.02. The third-order valence-electron chi connectivity index (χ3n) is 4.99. The van der Waals surface area contributed by atoms with E-state index < -0.39 is 36.0 Å². The predicted molar refractivity (Wildman–Crippen MR) is 110 cm³/mol. The van der Waals surface area contributed by atoms with Gasteiger partial charge in [-0.05, 0) is 43.0 Å². The summed E-state index contributed by atoms with van der Waals surface area (Å²) in [7, 11) is 0. The smallest absolute Gasteiger partial charge is 0.417 e. The molecule has 172 valence electrons. The fourth-order valence-electron chi connectivity index (χ4n) is 3.74. The molecule has 6 nitrogen and oxygen atoms in total. The van der Waals surface area contributed by atoms with Gasteiger partial charge in [0, 0.05) is 5.92 Å². The van der Waals surface area contributed by atoms with E-state index in [4.69, 9.17) is 9.47 Å². The van der Waals surface area contributed by atoms with Crippen LogP contribution in [0, 0.1) is 0 Å². The van der Waals surface area contributed by atoms with E-state index in [0.717, 1.165) is 22.3 Å². The Balaban J connectivity index is 1.75. The zero-order valence-electron chi connectivity index (χ0n) is 17.8. The summed E-state index contributed by atoms with van der Waals surface area (Å²) in [5, 5.41) is 11.2. The highest BCUT2D eigenvalue weighted by Crippen LogP contribution is 2.44. The summed E-state index contributed by atoms with van der Waals surface area (Å²) in [4.78, 5) is 23.9. The number of ether oxygens (including phenoxy) is 2. The van der Waals surface area contributed by atoms with E-state index in [1.807, 2.05) is 53.8 Å². The van der Waals surface area contributed by atoms with Gasteiger partial charge in [-0.1, -0.05) is 48.5 Å². The van der Waals surface area contributed by atoms with Crippen LogP contribution in [-0.2, 0) is 14.3 Å². The molecule has 0 unspecified atom stereocenters. The zero-order valence-corrected chi connectivity index (χ0v) is 17.8. The SMILES string of the molecule is CC(C)(C)O[C@@H]([C@@H](NC(=O)OCC1c2ccccc2-c2ccccc21)C(=O)O)C(F)(F)F. The first-order chi connectivity index (χ1) is 14.9. The molecule has 32 heavy (non-hydrogen) atoms. The normalized spacial score (nSPS) is 15.4. The molecule has 0 fully saturated rings. The maximum absolute atomic E-state index is 13.5. The molecule has 2 aromatic carbocycles. The van der Waals surface area contributed by atoms with Crippen LogP contribution in [0.15, 0.2) is 48.5 Å². The van der Waals surface area contributed by atoms with Crippen molar-refractivity contribution in [3.05, 3.63) is 59.7 Å². The van der Waals surface area contributed by atoms with E-state index in [1.54, 1.807) is 0 Å². The highest BCUT2D eigenvalue weighted by atomic mass is 19.4. The van der Waals surface area contributed by atoms with Gasteiger partial charge in [-0.15, -0.1) is 0 Å². The summed E-state index contributed by atoms with van der Waals surface area (Å²) < 4.78 is 50.6. The van der Waals surface area contributed by atoms with Crippen molar-refractivity contribution in [3.8, 4) is 11.1 Å². The monoisotopic (exact) mass is 451 g/mol. The largest absolute Gasteiger partial charge is 0.480 e. The topological polar surface area (TPSA) is 84.9 Å². The summed E-state index contributed by atoms with van der Waals surface area (Å²) in [6.07, 6.45) is -9.04. The second kappa shape index (κ2) is 8.82. The molecule has 1 aliphatic carbocycles. The molecule has 3 rings (SSSR count). The van der Waals surface area contributed by atoms with Gasteiger partial charge in [-0.2, -0.15) is 13.2 Å². The average molecular weight is 451 g/mol. The standard InChI is InChI=1S/C23H24F3NO5/c1-22(2,3)32-19(23(24,25)26)18(20(28)29)27-21(30)31-12-17-15-10-6-4-8-13(15)14-9-5-7-11-16(14)17/h4-11,17-19H,12H2,1-3H3,(H,27,30)(H,28,29)/t18-,19+/m1/s1. The van der Waals surface area contributed by atoms with Crippen molar-refractivity contribution in [1.82, 2.24) is 5.32 Å². The third kappa shape index (κ3) is 5.21. The van der Waals surface area contributed by atoms with Crippen molar-refractivity contribution < 1.29 is 37.3 Å². The number of rotatable bonds is 6. The maximum atomic E-state index is 13.5. The van der Waals surface area contributed by atoms with Crippen LogP contribution < -0.4 is 5.32 Å². The van der Waals surface area contributed by atoms with Gasteiger partial charge in [-0.25, -0.2) is 9.59 Å². The number of benzene rings is 2. The Bertz CT molecular complexity index is 954. The number of fused-ring (bicyclic) bond motifs is 3. The fraction of sp³-hybridized carbons (Fsp3) is 0.391. The lowest BCUT2D eigenvalue weighted by Crippen LogP contribution is -2.57. The minimum absolute atomic E-state index is 0.164. The number of hydrogen-bond acceptors (Lipinski definition) is 4. The number of carbonyl (C=O) groups excluding carboxylic acids is 1. The van der Waals surface area contributed by atoms with Crippen molar-refractivity contribution in [3.63, 3.8) is 0 Å². The fourth-order valence-corrected chi connectivity index (χ4v) is 3.74. The van der Waals surface area contributed by atoms with Crippen molar-refractivity contribution in [2.24, 2.45) is 0 Å². The minimum Gasteiger partial charge on any atom is -0.480 e. The number of alkyl carbamates (subject to hydrolysis) is 1. The van der Waals surface area contributed by atoms with Gasteiger partial charge in [0.2, 0.25) is 0 Å². The predicted octanol–water partition coefficient (Wildman–Crippen LogP) is 4.72. The van der Waals surface area contributed by atoms with Crippen molar-refractivity contribution in [2.75, 3.05) is 6.61 Å². The third-order valence-corrected chi connectivity index (χ3v) is 4.99. The quantitative estimate of drug-likeness (QED) is 0.664. The molecular weight excluding hydrogens is 427 g/mol. The van der Waals surface area contributed by atoms with Crippen LogP contribution in [0.4, 0.5) is 18.0 Å². The molecule has 2 atom stereocenters. The Morgan fingerprint density at radius 2 is 1.50 bits per heavy atom. The Kier molecular flexibility index (Phi) is 6.50. The molecule has 0 saturated heterocycles. The number of alkyl halides is 3. The Hall–Kier alpha value is -3.07.